The van der Waals surface area contributed by atoms with Crippen LogP contribution in [0, 0.1) is 5.92 Å². The molecule has 1 aromatic heterocycles. The van der Waals surface area contributed by atoms with Crippen LogP contribution in [0.15, 0.2) is 17.5 Å². The summed E-state index contributed by atoms with van der Waals surface area (Å²) in [4.78, 5) is 12.2. The van der Waals surface area contributed by atoms with Gasteiger partial charge in [-0.05, 0) is 23.8 Å². The minimum Gasteiger partial charge on any atom is -0.481 e. The number of carbonyl (C=O) groups is 1. The Kier molecular flexibility index (Phi) is 1.91. The predicted octanol–water partition coefficient (Wildman–Crippen LogP) is 2.50. The Morgan fingerprint density at radius 1 is 1.85 bits per heavy atom. The molecule has 0 aliphatic heterocycles. The van der Waals surface area contributed by atoms with E-state index in [4.69, 9.17) is 0 Å². The Hall–Kier alpha value is -0.830. The van der Waals surface area contributed by atoms with Crippen molar-refractivity contribution < 1.29 is 9.90 Å². The van der Waals surface area contributed by atoms with Crippen molar-refractivity contribution in [1.82, 2.24) is 0 Å². The summed E-state index contributed by atoms with van der Waals surface area (Å²) in [6.45, 7) is 2.06. The average Bonchev–Trinajstić information content (AvgIpc) is 2.62. The molecule has 0 aromatic carbocycles. The Labute approximate surface area is 81.2 Å². The van der Waals surface area contributed by atoms with E-state index in [1.165, 1.54) is 0 Å². The van der Waals surface area contributed by atoms with Gasteiger partial charge in [0.25, 0.3) is 0 Å². The number of rotatable bonds is 3. The van der Waals surface area contributed by atoms with Crippen molar-refractivity contribution in [3.63, 3.8) is 0 Å². The van der Waals surface area contributed by atoms with E-state index in [2.05, 4.69) is 6.92 Å². The van der Waals surface area contributed by atoms with Crippen LogP contribution in [0.1, 0.15) is 24.6 Å². The minimum absolute atomic E-state index is 0.351. The number of hydrogen-bond acceptors (Lipinski definition) is 2. The molecule has 2 atom stereocenters. The second-order valence-corrected chi connectivity index (χ2v) is 4.51. The average molecular weight is 196 g/mol. The summed E-state index contributed by atoms with van der Waals surface area (Å²) >= 11 is 1.56. The van der Waals surface area contributed by atoms with Gasteiger partial charge in [0.1, 0.15) is 5.41 Å². The van der Waals surface area contributed by atoms with Crippen LogP contribution in [0.5, 0.6) is 0 Å². The Morgan fingerprint density at radius 2 is 2.62 bits per heavy atom. The third kappa shape index (κ3) is 1.10. The van der Waals surface area contributed by atoms with Crippen molar-refractivity contribution in [3.05, 3.63) is 22.4 Å². The highest BCUT2D eigenvalue weighted by molar-refractivity contribution is 7.10. The van der Waals surface area contributed by atoms with E-state index in [-0.39, 0.29) is 0 Å². The lowest BCUT2D eigenvalue weighted by molar-refractivity contribution is -0.140. The topological polar surface area (TPSA) is 37.3 Å². The molecule has 1 aliphatic carbocycles. The summed E-state index contributed by atoms with van der Waals surface area (Å²) in [5.41, 5.74) is -0.525. The Balaban J connectivity index is 2.33. The first-order chi connectivity index (χ1) is 6.21. The maximum absolute atomic E-state index is 11.2. The quantitative estimate of drug-likeness (QED) is 0.806. The normalized spacial score (nSPS) is 31.6. The fourth-order valence-corrected chi connectivity index (χ4v) is 3.03. The Morgan fingerprint density at radius 3 is 3.00 bits per heavy atom. The van der Waals surface area contributed by atoms with Gasteiger partial charge in [-0.1, -0.05) is 19.4 Å². The molecule has 0 bridgehead atoms. The fourth-order valence-electron chi connectivity index (χ4n) is 2.02. The summed E-state index contributed by atoms with van der Waals surface area (Å²) in [6.07, 6.45) is 1.78. The molecule has 1 aliphatic rings. The van der Waals surface area contributed by atoms with Crippen LogP contribution in [0.3, 0.4) is 0 Å². The van der Waals surface area contributed by atoms with Crippen molar-refractivity contribution in [1.29, 1.82) is 0 Å². The highest BCUT2D eigenvalue weighted by Gasteiger charge is 2.61. The maximum Gasteiger partial charge on any atom is 0.315 e. The third-order valence-electron chi connectivity index (χ3n) is 2.94. The molecule has 3 heteroatoms. The van der Waals surface area contributed by atoms with Crippen LogP contribution in [0.25, 0.3) is 0 Å². The maximum atomic E-state index is 11.2. The van der Waals surface area contributed by atoms with E-state index in [0.29, 0.717) is 5.92 Å². The van der Waals surface area contributed by atoms with Crippen LogP contribution in [-0.2, 0) is 10.2 Å². The van der Waals surface area contributed by atoms with E-state index in [0.717, 1.165) is 17.7 Å². The van der Waals surface area contributed by atoms with Gasteiger partial charge >= 0.3 is 5.97 Å². The van der Waals surface area contributed by atoms with Gasteiger partial charge in [-0.15, -0.1) is 11.3 Å². The fraction of sp³-hybridized carbons (Fsp3) is 0.500. The highest BCUT2D eigenvalue weighted by atomic mass is 32.1. The molecule has 0 radical (unpaired) electrons. The van der Waals surface area contributed by atoms with E-state index < -0.39 is 11.4 Å². The van der Waals surface area contributed by atoms with E-state index in [1.54, 1.807) is 11.3 Å². The largest absolute Gasteiger partial charge is 0.481 e. The standard InChI is InChI=1S/C10H12O2S/c1-2-7-6-10(7,9(11)12)8-4-3-5-13-8/h3-5,7H,2,6H2,1H3,(H,11,12). The molecule has 1 fully saturated rings. The second kappa shape index (κ2) is 2.84. The van der Waals surface area contributed by atoms with Gasteiger partial charge in [0.05, 0.1) is 0 Å². The number of carboxylic acid groups (broad SMARTS) is 1. The van der Waals surface area contributed by atoms with Crippen LogP contribution in [0.2, 0.25) is 0 Å². The lowest BCUT2D eigenvalue weighted by Crippen LogP contribution is -2.21. The molecule has 2 nitrogen and oxygen atoms in total. The number of thiophene rings is 1. The number of aliphatic carboxylic acids is 1. The molecule has 1 saturated carbocycles. The molecule has 13 heavy (non-hydrogen) atoms. The lowest BCUT2D eigenvalue weighted by Gasteiger charge is -2.08. The zero-order valence-corrected chi connectivity index (χ0v) is 8.30. The van der Waals surface area contributed by atoms with Crippen molar-refractivity contribution in [2.45, 2.75) is 25.2 Å². The summed E-state index contributed by atoms with van der Waals surface area (Å²) < 4.78 is 0. The van der Waals surface area contributed by atoms with Crippen molar-refractivity contribution in [3.8, 4) is 0 Å². The monoisotopic (exact) mass is 196 g/mol. The summed E-state index contributed by atoms with van der Waals surface area (Å²) in [6, 6.07) is 3.87. The van der Waals surface area contributed by atoms with Crippen LogP contribution >= 0.6 is 11.3 Å². The van der Waals surface area contributed by atoms with Crippen molar-refractivity contribution in [2.24, 2.45) is 5.92 Å². The van der Waals surface area contributed by atoms with Crippen LogP contribution < -0.4 is 0 Å². The minimum atomic E-state index is -0.651. The molecule has 2 rings (SSSR count). The van der Waals surface area contributed by atoms with Gasteiger partial charge in [-0.25, -0.2) is 0 Å². The first-order valence-electron chi connectivity index (χ1n) is 4.49. The zero-order valence-electron chi connectivity index (χ0n) is 7.49. The first-order valence-corrected chi connectivity index (χ1v) is 5.37. The number of hydrogen-bond donors (Lipinski definition) is 1. The van der Waals surface area contributed by atoms with Gasteiger partial charge in [0.2, 0.25) is 0 Å². The summed E-state index contributed by atoms with van der Waals surface area (Å²) in [5.74, 6) is -0.301. The highest BCUT2D eigenvalue weighted by Crippen LogP contribution is 2.57. The van der Waals surface area contributed by atoms with Crippen LogP contribution in [-0.4, -0.2) is 11.1 Å². The number of carboxylic acids is 1. The smallest absolute Gasteiger partial charge is 0.315 e. The molecular weight excluding hydrogens is 184 g/mol. The van der Waals surface area contributed by atoms with E-state index in [1.807, 2.05) is 17.5 Å². The van der Waals surface area contributed by atoms with Gasteiger partial charge in [-0.3, -0.25) is 4.79 Å². The molecule has 1 aromatic rings. The van der Waals surface area contributed by atoms with Gasteiger partial charge in [-0.2, -0.15) is 0 Å². The summed E-state index contributed by atoms with van der Waals surface area (Å²) in [5, 5.41) is 11.1. The molecular formula is C10H12O2S. The molecule has 0 saturated heterocycles. The molecule has 70 valence electrons. The second-order valence-electron chi connectivity index (χ2n) is 3.56. The van der Waals surface area contributed by atoms with Crippen LogP contribution in [0.4, 0.5) is 0 Å². The lowest BCUT2D eigenvalue weighted by atomic mass is 10.0. The first kappa shape index (κ1) is 8.75. The molecule has 2 unspecified atom stereocenters. The van der Waals surface area contributed by atoms with Gasteiger partial charge in [0.15, 0.2) is 0 Å². The van der Waals surface area contributed by atoms with Crippen molar-refractivity contribution in [2.75, 3.05) is 0 Å². The molecule has 0 spiro atoms. The summed E-state index contributed by atoms with van der Waals surface area (Å²) in [7, 11) is 0. The van der Waals surface area contributed by atoms with E-state index >= 15 is 0 Å². The molecule has 1 N–H and O–H groups in total. The Bertz CT molecular complexity index is 318. The van der Waals surface area contributed by atoms with Crippen molar-refractivity contribution >= 4 is 17.3 Å². The molecule has 0 amide bonds. The van der Waals surface area contributed by atoms with Gasteiger partial charge < -0.3 is 5.11 Å². The van der Waals surface area contributed by atoms with E-state index in [9.17, 15) is 9.90 Å². The van der Waals surface area contributed by atoms with Gasteiger partial charge in [0, 0.05) is 4.88 Å². The molecule has 1 heterocycles. The third-order valence-corrected chi connectivity index (χ3v) is 3.99. The predicted molar refractivity (Wildman–Crippen MR) is 52.0 cm³/mol. The SMILES string of the molecule is CCC1CC1(C(=O)O)c1cccs1. The zero-order chi connectivity index (χ0) is 9.47.